The van der Waals surface area contributed by atoms with Crippen molar-refractivity contribution in [2.45, 2.75) is 46.2 Å². The molecule has 1 aliphatic carbocycles. The van der Waals surface area contributed by atoms with E-state index >= 15 is 0 Å². The lowest BCUT2D eigenvalue weighted by Gasteiger charge is -2.17. The average molecular weight is 374 g/mol. The molecule has 0 saturated heterocycles. The normalized spacial score (nSPS) is 14.4. The van der Waals surface area contributed by atoms with Gasteiger partial charge in [0.15, 0.2) is 5.56 Å². The van der Waals surface area contributed by atoms with Gasteiger partial charge in [-0.1, -0.05) is 13.8 Å². The fraction of sp³-hybridized carbons (Fsp3) is 0.444. The second-order valence-corrected chi connectivity index (χ2v) is 7.16. The molecule has 0 unspecified atom stereocenters. The molecule has 1 fully saturated rings. The Morgan fingerprint density at radius 2 is 2.04 bits per heavy atom. The number of carboxylic acid groups (broad SMARTS) is 1. The third kappa shape index (κ3) is 3.57. The van der Waals surface area contributed by atoms with Crippen LogP contribution in [0.4, 0.5) is 0 Å². The third-order valence-corrected chi connectivity index (χ3v) is 4.30. The van der Waals surface area contributed by atoms with Crippen molar-refractivity contribution in [3.8, 4) is 5.88 Å². The Balaban J connectivity index is 2.30. The summed E-state index contributed by atoms with van der Waals surface area (Å²) in [6.45, 7) is 5.80. The van der Waals surface area contributed by atoms with Crippen LogP contribution in [0.3, 0.4) is 0 Å². The number of hydrogen-bond donors (Lipinski definition) is 3. The molecule has 2 aromatic heterocycles. The van der Waals surface area contributed by atoms with Crippen LogP contribution in [-0.4, -0.2) is 42.3 Å². The first kappa shape index (κ1) is 18.7. The van der Waals surface area contributed by atoms with Gasteiger partial charge < -0.3 is 15.5 Å². The zero-order chi connectivity index (χ0) is 19.9. The van der Waals surface area contributed by atoms with E-state index in [4.69, 9.17) is 5.11 Å². The van der Waals surface area contributed by atoms with E-state index in [9.17, 15) is 19.5 Å². The molecule has 0 bridgehead atoms. The Bertz CT molecular complexity index is 1010. The zero-order valence-electron chi connectivity index (χ0n) is 15.4. The number of carbonyl (C=O) groups excluding carboxylic acids is 1. The van der Waals surface area contributed by atoms with Crippen molar-refractivity contribution in [1.29, 1.82) is 0 Å². The summed E-state index contributed by atoms with van der Waals surface area (Å²) in [5.41, 5.74) is -0.0184. The Hall–Kier alpha value is -3.10. The first-order chi connectivity index (χ1) is 12.7. The van der Waals surface area contributed by atoms with Gasteiger partial charge in [-0.25, -0.2) is 4.79 Å². The molecule has 9 heteroatoms. The van der Waals surface area contributed by atoms with Crippen LogP contribution < -0.4 is 10.9 Å². The van der Waals surface area contributed by atoms with E-state index in [1.54, 1.807) is 6.92 Å². The topological polar surface area (TPSA) is 126 Å². The summed E-state index contributed by atoms with van der Waals surface area (Å²) >= 11 is 0. The first-order valence-electron chi connectivity index (χ1n) is 8.77. The van der Waals surface area contributed by atoms with Crippen molar-refractivity contribution < 1.29 is 19.8 Å². The van der Waals surface area contributed by atoms with E-state index in [0.29, 0.717) is 17.8 Å². The highest BCUT2D eigenvalue weighted by atomic mass is 16.4. The van der Waals surface area contributed by atoms with Gasteiger partial charge in [-0.3, -0.25) is 14.2 Å². The van der Waals surface area contributed by atoms with E-state index in [1.807, 2.05) is 13.8 Å². The lowest BCUT2D eigenvalue weighted by atomic mass is 10.2. The van der Waals surface area contributed by atoms with Crippen LogP contribution in [-0.2, 0) is 11.3 Å². The molecule has 144 valence electrons. The van der Waals surface area contributed by atoms with Gasteiger partial charge in [0.1, 0.15) is 5.65 Å². The molecule has 0 aliphatic heterocycles. The highest BCUT2D eigenvalue weighted by Crippen LogP contribution is 2.25. The predicted molar refractivity (Wildman–Crippen MR) is 97.8 cm³/mol. The number of amides is 1. The summed E-state index contributed by atoms with van der Waals surface area (Å²) in [4.78, 5) is 36.3. The van der Waals surface area contributed by atoms with Gasteiger partial charge in [0.05, 0.1) is 5.69 Å². The van der Waals surface area contributed by atoms with Crippen molar-refractivity contribution in [2.75, 3.05) is 0 Å². The number of carboxylic acids is 1. The van der Waals surface area contributed by atoms with E-state index < -0.39 is 23.3 Å². The molecule has 0 radical (unpaired) electrons. The predicted octanol–water partition coefficient (Wildman–Crippen LogP) is 1.16. The van der Waals surface area contributed by atoms with Crippen molar-refractivity contribution in [2.24, 2.45) is 5.92 Å². The van der Waals surface area contributed by atoms with Gasteiger partial charge in [-0.15, -0.1) is 0 Å². The van der Waals surface area contributed by atoms with Gasteiger partial charge in [0.25, 0.3) is 11.5 Å². The molecule has 3 rings (SSSR count). The van der Waals surface area contributed by atoms with Crippen molar-refractivity contribution in [1.82, 2.24) is 19.5 Å². The minimum absolute atomic E-state index is 0.0268. The van der Waals surface area contributed by atoms with E-state index in [2.05, 4.69) is 10.4 Å². The number of aromatic nitrogens is 3. The van der Waals surface area contributed by atoms with E-state index in [-0.39, 0.29) is 23.2 Å². The molecule has 9 nitrogen and oxygen atoms in total. The molecule has 3 N–H and O–H groups in total. The molecule has 27 heavy (non-hydrogen) atoms. The largest absolute Gasteiger partial charge is 0.494 e. The van der Waals surface area contributed by atoms with E-state index in [0.717, 1.165) is 23.4 Å². The number of aryl methyl sites for hydroxylation is 1. The molecule has 0 atom stereocenters. The van der Waals surface area contributed by atoms with Gasteiger partial charge >= 0.3 is 5.97 Å². The maximum absolute atomic E-state index is 12.9. The number of nitrogens with one attached hydrogen (secondary N) is 1. The van der Waals surface area contributed by atoms with Gasteiger partial charge in [0, 0.05) is 24.2 Å². The second-order valence-electron chi connectivity index (χ2n) is 7.16. The Labute approximate surface area is 154 Å². The number of fused-ring (bicyclic) bond motifs is 1. The molecule has 0 spiro atoms. The fourth-order valence-corrected chi connectivity index (χ4v) is 2.94. The monoisotopic (exact) mass is 374 g/mol. The Morgan fingerprint density at radius 1 is 1.37 bits per heavy atom. The number of hydrogen-bond acceptors (Lipinski definition) is 5. The quantitative estimate of drug-likeness (QED) is 0.651. The Morgan fingerprint density at radius 3 is 2.59 bits per heavy atom. The van der Waals surface area contributed by atoms with Crippen LogP contribution in [0.5, 0.6) is 5.88 Å². The molecular formula is C18H22N4O5. The van der Waals surface area contributed by atoms with Crippen LogP contribution in [0.1, 0.15) is 48.3 Å². The van der Waals surface area contributed by atoms with Crippen LogP contribution in [0, 0.1) is 12.8 Å². The van der Waals surface area contributed by atoms with Gasteiger partial charge in [0.2, 0.25) is 5.88 Å². The summed E-state index contributed by atoms with van der Waals surface area (Å²) in [6.07, 6.45) is 3.97. The van der Waals surface area contributed by atoms with Crippen LogP contribution in [0.15, 0.2) is 10.9 Å². The average Bonchev–Trinajstić information content (AvgIpc) is 3.30. The van der Waals surface area contributed by atoms with Gasteiger partial charge in [-0.2, -0.15) is 9.61 Å². The lowest BCUT2D eigenvalue weighted by molar-refractivity contribution is -0.131. The zero-order valence-corrected chi connectivity index (χ0v) is 15.4. The summed E-state index contributed by atoms with van der Waals surface area (Å²) in [6, 6.07) is 0.0268. The molecule has 2 heterocycles. The highest BCUT2D eigenvalue weighted by Gasteiger charge is 2.30. The molecule has 1 aliphatic rings. The molecule has 1 saturated carbocycles. The summed E-state index contributed by atoms with van der Waals surface area (Å²) in [7, 11) is 0. The molecule has 0 aromatic carbocycles. The number of carbonyl (C=O) groups is 2. The van der Waals surface area contributed by atoms with Crippen molar-refractivity contribution in [3.63, 3.8) is 0 Å². The SMILES string of the molecule is Cc1nn2c(=O)c(C(=O)NC3CC3)c(O)n(CC(C)C)c2c1/C=C/C(=O)O. The molecule has 1 amide bonds. The third-order valence-electron chi connectivity index (χ3n) is 4.30. The number of aromatic hydroxyl groups is 1. The fourth-order valence-electron chi connectivity index (χ4n) is 2.94. The smallest absolute Gasteiger partial charge is 0.328 e. The minimum atomic E-state index is -1.14. The summed E-state index contributed by atoms with van der Waals surface area (Å²) in [5.74, 6) is -2.12. The lowest BCUT2D eigenvalue weighted by Crippen LogP contribution is -2.34. The van der Waals surface area contributed by atoms with Crippen LogP contribution in [0.2, 0.25) is 0 Å². The maximum Gasteiger partial charge on any atom is 0.328 e. The van der Waals surface area contributed by atoms with Crippen molar-refractivity contribution >= 4 is 23.6 Å². The first-order valence-corrected chi connectivity index (χ1v) is 8.77. The van der Waals surface area contributed by atoms with E-state index in [1.165, 1.54) is 10.6 Å². The van der Waals surface area contributed by atoms with Crippen LogP contribution in [0.25, 0.3) is 11.7 Å². The summed E-state index contributed by atoms with van der Waals surface area (Å²) < 4.78 is 2.50. The number of rotatable bonds is 6. The standard InChI is InChI=1S/C18H22N4O5/c1-9(2)8-21-16-12(6-7-13(23)24)10(3)20-22(16)18(27)14(17(21)26)15(25)19-11-4-5-11/h6-7,9,11,26H,4-5,8H2,1-3H3,(H,19,25)(H,23,24)/b7-6+. The Kier molecular flexibility index (Phi) is 4.77. The molecule has 2 aromatic rings. The second kappa shape index (κ2) is 6.90. The maximum atomic E-state index is 12.9. The van der Waals surface area contributed by atoms with Crippen molar-refractivity contribution in [3.05, 3.63) is 33.3 Å². The number of nitrogens with zero attached hydrogens (tertiary/aromatic N) is 3. The minimum Gasteiger partial charge on any atom is -0.494 e. The molecular weight excluding hydrogens is 352 g/mol. The van der Waals surface area contributed by atoms with Gasteiger partial charge in [-0.05, 0) is 31.8 Å². The highest BCUT2D eigenvalue weighted by molar-refractivity contribution is 5.97. The summed E-state index contributed by atoms with van der Waals surface area (Å²) in [5, 5.41) is 26.6. The van der Waals surface area contributed by atoms with Crippen LogP contribution >= 0.6 is 0 Å². The number of aliphatic carboxylic acids is 1.